The van der Waals surface area contributed by atoms with E-state index in [1.807, 2.05) is 0 Å². The molecular formula is C15H23NO4. The van der Waals surface area contributed by atoms with Crippen LogP contribution in [0.2, 0.25) is 0 Å². The Morgan fingerprint density at radius 2 is 2.20 bits per heavy atom. The minimum atomic E-state index is -0.375. The van der Waals surface area contributed by atoms with Gasteiger partial charge in [-0.3, -0.25) is 0 Å². The van der Waals surface area contributed by atoms with E-state index in [-0.39, 0.29) is 18.0 Å². The predicted molar refractivity (Wildman–Crippen MR) is 74.5 cm³/mol. The lowest BCUT2D eigenvalue weighted by Gasteiger charge is -2.26. The molecule has 0 aliphatic heterocycles. The summed E-state index contributed by atoms with van der Waals surface area (Å²) in [7, 11) is 1.36. The van der Waals surface area contributed by atoms with E-state index in [4.69, 9.17) is 9.15 Å². The average molecular weight is 281 g/mol. The quantitative estimate of drug-likeness (QED) is 0.781. The number of ether oxygens (including phenoxy) is 1. The highest BCUT2D eigenvalue weighted by atomic mass is 16.5. The summed E-state index contributed by atoms with van der Waals surface area (Å²) in [6, 6.07) is 1.72. The van der Waals surface area contributed by atoms with Crippen LogP contribution in [0.1, 0.15) is 47.6 Å². The van der Waals surface area contributed by atoms with E-state index in [1.54, 1.807) is 13.0 Å². The molecule has 0 atom stereocenters. The molecule has 0 radical (unpaired) electrons. The number of carbonyl (C=O) groups is 1. The van der Waals surface area contributed by atoms with E-state index in [2.05, 4.69) is 5.32 Å². The molecule has 0 amide bonds. The zero-order valence-corrected chi connectivity index (χ0v) is 12.2. The van der Waals surface area contributed by atoms with Crippen LogP contribution in [0.4, 0.5) is 0 Å². The van der Waals surface area contributed by atoms with Crippen LogP contribution in [0.15, 0.2) is 10.5 Å². The van der Waals surface area contributed by atoms with Crippen LogP contribution in [0.3, 0.4) is 0 Å². The molecule has 5 nitrogen and oxygen atoms in total. The monoisotopic (exact) mass is 281 g/mol. The van der Waals surface area contributed by atoms with Crippen molar-refractivity contribution in [1.82, 2.24) is 5.32 Å². The Hall–Kier alpha value is -1.33. The molecule has 0 saturated heterocycles. The number of methoxy groups -OCH3 is 1. The molecule has 0 bridgehead atoms. The minimum Gasteiger partial charge on any atom is -0.465 e. The number of hydrogen-bond acceptors (Lipinski definition) is 5. The van der Waals surface area contributed by atoms with Crippen LogP contribution in [-0.4, -0.2) is 31.3 Å². The standard InChI is InChI=1S/C15H23NO4/c1-11-13(14(18)19-2)7-12(20-11)8-16-9-15(10-17)5-3-4-6-15/h7,16-17H,3-6,8-10H2,1-2H3. The molecule has 0 spiro atoms. The molecular weight excluding hydrogens is 258 g/mol. The molecule has 2 rings (SSSR count). The second kappa shape index (κ2) is 6.41. The normalized spacial score (nSPS) is 17.4. The van der Waals surface area contributed by atoms with Crippen molar-refractivity contribution in [2.75, 3.05) is 20.3 Å². The number of nitrogens with one attached hydrogen (secondary N) is 1. The summed E-state index contributed by atoms with van der Waals surface area (Å²) >= 11 is 0. The number of carbonyl (C=O) groups excluding carboxylic acids is 1. The van der Waals surface area contributed by atoms with Gasteiger partial charge in [-0.15, -0.1) is 0 Å². The third-order valence-corrected chi connectivity index (χ3v) is 4.17. The molecule has 0 unspecified atom stereocenters. The van der Waals surface area contributed by atoms with E-state index in [9.17, 15) is 9.90 Å². The number of aliphatic hydroxyl groups is 1. The van der Waals surface area contributed by atoms with Crippen molar-refractivity contribution in [2.45, 2.75) is 39.2 Å². The van der Waals surface area contributed by atoms with Gasteiger partial charge in [-0.25, -0.2) is 4.79 Å². The summed E-state index contributed by atoms with van der Waals surface area (Å²) < 4.78 is 10.2. The van der Waals surface area contributed by atoms with Gasteiger partial charge in [0, 0.05) is 18.6 Å². The molecule has 0 aromatic carbocycles. The number of hydrogen-bond donors (Lipinski definition) is 2. The van der Waals surface area contributed by atoms with Gasteiger partial charge in [-0.2, -0.15) is 0 Å². The van der Waals surface area contributed by atoms with Gasteiger partial charge in [0.25, 0.3) is 0 Å². The maximum Gasteiger partial charge on any atom is 0.341 e. The Bertz CT molecular complexity index is 460. The lowest BCUT2D eigenvalue weighted by Crippen LogP contribution is -2.34. The van der Waals surface area contributed by atoms with Crippen molar-refractivity contribution < 1.29 is 19.1 Å². The Morgan fingerprint density at radius 1 is 1.50 bits per heavy atom. The van der Waals surface area contributed by atoms with Gasteiger partial charge in [0.05, 0.1) is 13.7 Å². The summed E-state index contributed by atoms with van der Waals surface area (Å²) in [6.07, 6.45) is 4.52. The number of aryl methyl sites for hydroxylation is 1. The Morgan fingerprint density at radius 3 is 2.80 bits per heavy atom. The van der Waals surface area contributed by atoms with Gasteiger partial charge in [-0.1, -0.05) is 12.8 Å². The van der Waals surface area contributed by atoms with Gasteiger partial charge in [-0.05, 0) is 25.8 Å². The lowest BCUT2D eigenvalue weighted by atomic mass is 9.87. The largest absolute Gasteiger partial charge is 0.465 e. The Labute approximate surface area is 119 Å². The molecule has 1 fully saturated rings. The van der Waals surface area contributed by atoms with Crippen molar-refractivity contribution in [1.29, 1.82) is 0 Å². The summed E-state index contributed by atoms with van der Waals surface area (Å²) in [5.41, 5.74) is 0.495. The van der Waals surface area contributed by atoms with Gasteiger partial charge < -0.3 is 19.6 Å². The number of rotatable bonds is 6. The minimum absolute atomic E-state index is 0.0207. The highest BCUT2D eigenvalue weighted by Crippen LogP contribution is 2.36. The Balaban J connectivity index is 1.89. The van der Waals surface area contributed by atoms with Crippen LogP contribution < -0.4 is 5.32 Å². The average Bonchev–Trinajstić information content (AvgIpc) is 3.06. The highest BCUT2D eigenvalue weighted by molar-refractivity contribution is 5.90. The predicted octanol–water partition coefficient (Wildman–Crippen LogP) is 2.02. The maximum atomic E-state index is 11.5. The molecule has 1 saturated carbocycles. The molecule has 20 heavy (non-hydrogen) atoms. The van der Waals surface area contributed by atoms with Crippen molar-refractivity contribution >= 4 is 5.97 Å². The summed E-state index contributed by atoms with van der Waals surface area (Å²) in [4.78, 5) is 11.5. The first-order chi connectivity index (χ1) is 9.60. The Kier molecular flexibility index (Phi) is 4.83. The molecule has 1 aromatic heterocycles. The van der Waals surface area contributed by atoms with Crippen molar-refractivity contribution in [3.8, 4) is 0 Å². The topological polar surface area (TPSA) is 71.7 Å². The fourth-order valence-corrected chi connectivity index (χ4v) is 2.91. The fraction of sp³-hybridized carbons (Fsp3) is 0.667. The zero-order valence-electron chi connectivity index (χ0n) is 12.2. The first-order valence-corrected chi connectivity index (χ1v) is 7.09. The van der Waals surface area contributed by atoms with Gasteiger partial charge in [0.15, 0.2) is 0 Å². The number of aliphatic hydroxyl groups excluding tert-OH is 1. The van der Waals surface area contributed by atoms with E-state index in [1.165, 1.54) is 20.0 Å². The van der Waals surface area contributed by atoms with Gasteiger partial charge in [0.2, 0.25) is 0 Å². The van der Waals surface area contributed by atoms with Crippen LogP contribution in [-0.2, 0) is 11.3 Å². The molecule has 1 aromatic rings. The smallest absolute Gasteiger partial charge is 0.341 e. The first kappa shape index (κ1) is 15.1. The third kappa shape index (κ3) is 3.22. The molecule has 1 aliphatic rings. The summed E-state index contributed by atoms with van der Waals surface area (Å²) in [5.74, 6) is 0.917. The van der Waals surface area contributed by atoms with Crippen LogP contribution in [0.5, 0.6) is 0 Å². The van der Waals surface area contributed by atoms with E-state index >= 15 is 0 Å². The number of furan rings is 1. The third-order valence-electron chi connectivity index (χ3n) is 4.17. The van der Waals surface area contributed by atoms with Crippen molar-refractivity contribution in [3.63, 3.8) is 0 Å². The highest BCUT2D eigenvalue weighted by Gasteiger charge is 2.32. The summed E-state index contributed by atoms with van der Waals surface area (Å²) in [5, 5.41) is 12.9. The van der Waals surface area contributed by atoms with E-state index in [0.717, 1.165) is 19.4 Å². The van der Waals surface area contributed by atoms with Crippen LogP contribution >= 0.6 is 0 Å². The van der Waals surface area contributed by atoms with Crippen LogP contribution in [0.25, 0.3) is 0 Å². The lowest BCUT2D eigenvalue weighted by molar-refractivity contribution is 0.0599. The molecule has 5 heteroatoms. The molecule has 1 heterocycles. The van der Waals surface area contributed by atoms with Crippen molar-refractivity contribution in [2.24, 2.45) is 5.41 Å². The van der Waals surface area contributed by atoms with E-state index in [0.29, 0.717) is 23.6 Å². The van der Waals surface area contributed by atoms with Crippen LogP contribution in [0, 0.1) is 12.3 Å². The summed E-state index contributed by atoms with van der Waals surface area (Å²) in [6.45, 7) is 3.31. The fourth-order valence-electron chi connectivity index (χ4n) is 2.91. The molecule has 2 N–H and O–H groups in total. The molecule has 1 aliphatic carbocycles. The number of esters is 1. The van der Waals surface area contributed by atoms with E-state index < -0.39 is 0 Å². The second-order valence-electron chi connectivity index (χ2n) is 5.64. The first-order valence-electron chi connectivity index (χ1n) is 7.09. The SMILES string of the molecule is COC(=O)c1cc(CNCC2(CO)CCCC2)oc1C. The maximum absolute atomic E-state index is 11.5. The van der Waals surface area contributed by atoms with Gasteiger partial charge >= 0.3 is 5.97 Å². The zero-order chi connectivity index (χ0) is 14.6. The van der Waals surface area contributed by atoms with Gasteiger partial charge in [0.1, 0.15) is 17.1 Å². The second-order valence-corrected chi connectivity index (χ2v) is 5.64. The molecule has 112 valence electrons. The van der Waals surface area contributed by atoms with Crippen molar-refractivity contribution in [3.05, 3.63) is 23.2 Å².